The summed E-state index contributed by atoms with van der Waals surface area (Å²) < 4.78 is 5.08. The van der Waals surface area contributed by atoms with E-state index in [4.69, 9.17) is 4.74 Å². The Hall–Kier alpha value is -3.74. The van der Waals surface area contributed by atoms with E-state index >= 15 is 0 Å². The minimum atomic E-state index is -0.439. The Morgan fingerprint density at radius 3 is 2.52 bits per heavy atom. The first-order valence-electron chi connectivity index (χ1n) is 9.24. The highest BCUT2D eigenvalue weighted by molar-refractivity contribution is 5.96. The summed E-state index contributed by atoms with van der Waals surface area (Å²) in [6.07, 6.45) is 1.51. The Kier molecular flexibility index (Phi) is 6.52. The van der Waals surface area contributed by atoms with Crippen LogP contribution in [-0.2, 0) is 11.3 Å². The van der Waals surface area contributed by atoms with Gasteiger partial charge in [-0.25, -0.2) is 14.8 Å². The van der Waals surface area contributed by atoms with Crippen molar-refractivity contribution in [2.24, 2.45) is 0 Å². The molecular formula is C22H22N4O3. The molecule has 0 aliphatic rings. The lowest BCUT2D eigenvalue weighted by molar-refractivity contribution is 0.0527. The summed E-state index contributed by atoms with van der Waals surface area (Å²) in [6, 6.07) is 18.2. The molecule has 0 radical (unpaired) electrons. The maximum absolute atomic E-state index is 12.7. The fourth-order valence-electron chi connectivity index (χ4n) is 2.76. The van der Waals surface area contributed by atoms with Crippen LogP contribution in [-0.4, -0.2) is 40.4 Å². The van der Waals surface area contributed by atoms with Crippen LogP contribution in [0.3, 0.4) is 0 Å². The first kappa shape index (κ1) is 20.0. The van der Waals surface area contributed by atoms with Gasteiger partial charge >= 0.3 is 5.97 Å². The molecule has 7 heteroatoms. The molecule has 1 amide bonds. The fraction of sp³-hybridized carbons (Fsp3) is 0.182. The Balaban J connectivity index is 1.76. The number of para-hydroxylation sites is 1. The van der Waals surface area contributed by atoms with Gasteiger partial charge in [0.15, 0.2) is 0 Å². The molecule has 1 heterocycles. The predicted molar refractivity (Wildman–Crippen MR) is 110 cm³/mol. The summed E-state index contributed by atoms with van der Waals surface area (Å²) in [4.78, 5) is 34.9. The molecule has 0 unspecified atom stereocenters. The summed E-state index contributed by atoms with van der Waals surface area (Å²) in [5, 5.41) is 3.00. The molecule has 0 fully saturated rings. The van der Waals surface area contributed by atoms with E-state index in [0.717, 1.165) is 5.56 Å². The number of nitrogens with one attached hydrogen (secondary N) is 1. The number of carbonyl (C=O) groups excluding carboxylic acids is 2. The number of carbonyl (C=O) groups is 2. The molecule has 148 valence electrons. The quantitative estimate of drug-likeness (QED) is 0.620. The molecule has 0 aliphatic heterocycles. The molecule has 2 aromatic carbocycles. The zero-order valence-corrected chi connectivity index (χ0v) is 16.3. The molecule has 1 N–H and O–H groups in total. The van der Waals surface area contributed by atoms with Gasteiger partial charge in [-0.05, 0) is 30.7 Å². The van der Waals surface area contributed by atoms with Crippen molar-refractivity contribution in [1.29, 1.82) is 0 Å². The number of nitrogens with zero attached hydrogens (tertiary/aromatic N) is 3. The van der Waals surface area contributed by atoms with Crippen molar-refractivity contribution in [3.8, 4) is 0 Å². The van der Waals surface area contributed by atoms with Gasteiger partial charge < -0.3 is 15.0 Å². The third kappa shape index (κ3) is 5.16. The number of hydrogen-bond donors (Lipinski definition) is 1. The highest BCUT2D eigenvalue weighted by Gasteiger charge is 2.16. The summed E-state index contributed by atoms with van der Waals surface area (Å²) in [7, 11) is 1.72. The lowest BCUT2D eigenvalue weighted by atomic mass is 10.2. The Morgan fingerprint density at radius 2 is 1.76 bits per heavy atom. The number of ether oxygens (including phenoxy) is 1. The van der Waals surface area contributed by atoms with Gasteiger partial charge in [-0.3, -0.25) is 4.79 Å². The van der Waals surface area contributed by atoms with Crippen LogP contribution in [0.1, 0.15) is 33.3 Å². The van der Waals surface area contributed by atoms with Gasteiger partial charge in [0.2, 0.25) is 5.95 Å². The van der Waals surface area contributed by atoms with Crippen LogP contribution >= 0.6 is 0 Å². The van der Waals surface area contributed by atoms with Gasteiger partial charge in [0.25, 0.3) is 5.91 Å². The average molecular weight is 390 g/mol. The highest BCUT2D eigenvalue weighted by atomic mass is 16.5. The normalized spacial score (nSPS) is 10.3. The van der Waals surface area contributed by atoms with E-state index in [1.165, 1.54) is 6.20 Å². The molecule has 0 aliphatic carbocycles. The first-order valence-corrected chi connectivity index (χ1v) is 9.24. The van der Waals surface area contributed by atoms with E-state index in [1.54, 1.807) is 49.2 Å². The van der Waals surface area contributed by atoms with Crippen molar-refractivity contribution in [2.75, 3.05) is 19.0 Å². The van der Waals surface area contributed by atoms with Crippen molar-refractivity contribution in [2.45, 2.75) is 13.5 Å². The monoisotopic (exact) mass is 390 g/mol. The van der Waals surface area contributed by atoms with Crippen molar-refractivity contribution in [3.05, 3.63) is 83.7 Å². The summed E-state index contributed by atoms with van der Waals surface area (Å²) in [6.45, 7) is 2.50. The number of benzene rings is 2. The van der Waals surface area contributed by atoms with E-state index in [2.05, 4.69) is 15.3 Å². The number of aromatic nitrogens is 2. The van der Waals surface area contributed by atoms with Crippen molar-refractivity contribution < 1.29 is 14.3 Å². The van der Waals surface area contributed by atoms with Crippen LogP contribution in [0.25, 0.3) is 0 Å². The van der Waals surface area contributed by atoms with E-state index in [9.17, 15) is 9.59 Å². The second-order valence-corrected chi connectivity index (χ2v) is 6.30. The van der Waals surface area contributed by atoms with Gasteiger partial charge in [-0.15, -0.1) is 0 Å². The van der Waals surface area contributed by atoms with Crippen LogP contribution in [0, 0.1) is 0 Å². The van der Waals surface area contributed by atoms with Gasteiger partial charge in [0.1, 0.15) is 5.69 Å². The number of esters is 1. The van der Waals surface area contributed by atoms with Crippen molar-refractivity contribution >= 4 is 23.5 Å². The van der Waals surface area contributed by atoms with Crippen LogP contribution in [0.5, 0.6) is 0 Å². The van der Waals surface area contributed by atoms with Crippen LogP contribution in [0.15, 0.2) is 66.9 Å². The van der Waals surface area contributed by atoms with E-state index < -0.39 is 5.97 Å². The second kappa shape index (κ2) is 9.45. The lowest BCUT2D eigenvalue weighted by Crippen LogP contribution is -2.27. The molecule has 0 spiro atoms. The van der Waals surface area contributed by atoms with Crippen LogP contribution in [0.2, 0.25) is 0 Å². The standard InChI is InChI=1S/C22H22N4O3/c1-3-29-21(28)17-11-7-8-12-18(17)24-22-23-14-13-19(25-22)20(27)26(2)15-16-9-5-4-6-10-16/h4-14H,3,15H2,1-2H3,(H,23,24,25). The van der Waals surface area contributed by atoms with Gasteiger partial charge in [0.05, 0.1) is 17.9 Å². The zero-order chi connectivity index (χ0) is 20.6. The molecule has 0 saturated carbocycles. The summed E-state index contributed by atoms with van der Waals surface area (Å²) in [5.74, 6) is -0.441. The Morgan fingerprint density at radius 1 is 1.03 bits per heavy atom. The van der Waals surface area contributed by atoms with E-state index in [-0.39, 0.29) is 24.2 Å². The molecule has 0 atom stereocenters. The van der Waals surface area contributed by atoms with E-state index in [1.807, 2.05) is 30.3 Å². The summed E-state index contributed by atoms with van der Waals surface area (Å²) in [5.41, 5.74) is 2.16. The minimum Gasteiger partial charge on any atom is -0.462 e. The number of anilines is 2. The average Bonchev–Trinajstić information content (AvgIpc) is 2.74. The third-order valence-electron chi connectivity index (χ3n) is 4.15. The molecule has 0 saturated heterocycles. The molecule has 7 nitrogen and oxygen atoms in total. The molecule has 3 aromatic rings. The molecule has 3 rings (SSSR count). The van der Waals surface area contributed by atoms with E-state index in [0.29, 0.717) is 17.8 Å². The molecule has 1 aromatic heterocycles. The first-order chi connectivity index (χ1) is 14.1. The molecular weight excluding hydrogens is 368 g/mol. The van der Waals surface area contributed by atoms with Crippen molar-refractivity contribution in [3.63, 3.8) is 0 Å². The number of hydrogen-bond acceptors (Lipinski definition) is 6. The third-order valence-corrected chi connectivity index (χ3v) is 4.15. The highest BCUT2D eigenvalue weighted by Crippen LogP contribution is 2.20. The Bertz CT molecular complexity index is 992. The Labute approximate surface area is 169 Å². The van der Waals surface area contributed by atoms with Gasteiger partial charge in [-0.2, -0.15) is 0 Å². The summed E-state index contributed by atoms with van der Waals surface area (Å²) >= 11 is 0. The SMILES string of the molecule is CCOC(=O)c1ccccc1Nc1nccc(C(=O)N(C)Cc2ccccc2)n1. The predicted octanol–water partition coefficient (Wildman–Crippen LogP) is 3.67. The maximum atomic E-state index is 12.7. The zero-order valence-electron chi connectivity index (χ0n) is 16.3. The smallest absolute Gasteiger partial charge is 0.340 e. The topological polar surface area (TPSA) is 84.4 Å². The van der Waals surface area contributed by atoms with Gasteiger partial charge in [-0.1, -0.05) is 42.5 Å². The lowest BCUT2D eigenvalue weighted by Gasteiger charge is -2.17. The maximum Gasteiger partial charge on any atom is 0.340 e. The largest absolute Gasteiger partial charge is 0.462 e. The number of rotatable bonds is 7. The second-order valence-electron chi connectivity index (χ2n) is 6.30. The molecule has 0 bridgehead atoms. The van der Waals surface area contributed by atoms with Crippen molar-refractivity contribution in [1.82, 2.24) is 14.9 Å². The van der Waals surface area contributed by atoms with Crippen LogP contribution in [0.4, 0.5) is 11.6 Å². The van der Waals surface area contributed by atoms with Gasteiger partial charge in [0, 0.05) is 19.8 Å². The minimum absolute atomic E-state index is 0.223. The molecule has 29 heavy (non-hydrogen) atoms. The fourth-order valence-corrected chi connectivity index (χ4v) is 2.76. The number of amides is 1. The van der Waals surface area contributed by atoms with Crippen LogP contribution < -0.4 is 5.32 Å².